The lowest BCUT2D eigenvalue weighted by molar-refractivity contribution is 0.812. The second kappa shape index (κ2) is 5.31. The third-order valence-electron chi connectivity index (χ3n) is 3.92. The van der Waals surface area contributed by atoms with E-state index in [-0.39, 0.29) is 0 Å². The van der Waals surface area contributed by atoms with E-state index >= 15 is 0 Å². The van der Waals surface area contributed by atoms with E-state index in [1.807, 2.05) is 29.5 Å². The molecule has 0 aliphatic heterocycles. The lowest BCUT2D eigenvalue weighted by Crippen LogP contribution is -2.00. The predicted octanol–water partition coefficient (Wildman–Crippen LogP) is 3.38. The van der Waals surface area contributed by atoms with Crippen LogP contribution in [0, 0.1) is 6.92 Å². The number of hydrogen-bond donors (Lipinski definition) is 0. The molecule has 6 nitrogen and oxygen atoms in total. The van der Waals surface area contributed by atoms with Crippen molar-refractivity contribution in [2.45, 2.75) is 26.7 Å². The zero-order valence-corrected chi connectivity index (χ0v) is 13.6. The molecule has 0 atom stereocenters. The summed E-state index contributed by atoms with van der Waals surface area (Å²) in [5.41, 5.74) is 3.43. The van der Waals surface area contributed by atoms with E-state index in [1.165, 1.54) is 0 Å². The number of halogens is 1. The molecule has 0 unspecified atom stereocenters. The van der Waals surface area contributed by atoms with Gasteiger partial charge in [0, 0.05) is 11.4 Å². The van der Waals surface area contributed by atoms with Crippen LogP contribution in [0.2, 0.25) is 5.02 Å². The molecule has 0 spiro atoms. The van der Waals surface area contributed by atoms with Crippen LogP contribution in [0.3, 0.4) is 0 Å². The quantitative estimate of drug-likeness (QED) is 0.579. The topological polar surface area (TPSA) is 60.9 Å². The highest BCUT2D eigenvalue weighted by molar-refractivity contribution is 6.31. The lowest BCUT2D eigenvalue weighted by atomic mass is 10.2. The Balaban J connectivity index is 1.93. The summed E-state index contributed by atoms with van der Waals surface area (Å²) in [7, 11) is 0. The molecule has 4 aromatic rings. The van der Waals surface area contributed by atoms with E-state index in [0.29, 0.717) is 5.02 Å². The monoisotopic (exact) mass is 326 g/mol. The van der Waals surface area contributed by atoms with Crippen LogP contribution in [0.4, 0.5) is 0 Å². The fraction of sp³-hybridized carbons (Fsp3) is 0.250. The minimum absolute atomic E-state index is 0.708. The molecule has 3 heterocycles. The van der Waals surface area contributed by atoms with Crippen LogP contribution in [0.1, 0.15) is 24.7 Å². The smallest absolute Gasteiger partial charge is 0.174 e. The highest BCUT2D eigenvalue weighted by Gasteiger charge is 2.14. The Morgan fingerprint density at radius 2 is 2.04 bits per heavy atom. The maximum Gasteiger partial charge on any atom is 0.174 e. The molecule has 4 rings (SSSR count). The van der Waals surface area contributed by atoms with Crippen LogP contribution in [0.25, 0.3) is 22.4 Å². The second-order valence-corrected chi connectivity index (χ2v) is 5.94. The first-order chi connectivity index (χ1) is 11.2. The van der Waals surface area contributed by atoms with Gasteiger partial charge in [-0.1, -0.05) is 24.6 Å². The first-order valence-electron chi connectivity index (χ1n) is 7.52. The summed E-state index contributed by atoms with van der Waals surface area (Å²) in [6.45, 7) is 4.09. The third-order valence-corrected chi connectivity index (χ3v) is 4.33. The fourth-order valence-electron chi connectivity index (χ4n) is 2.66. The zero-order valence-electron chi connectivity index (χ0n) is 12.9. The first kappa shape index (κ1) is 14.1. The van der Waals surface area contributed by atoms with E-state index < -0.39 is 0 Å². The Labute approximate surface area is 137 Å². The Kier molecular flexibility index (Phi) is 3.27. The molecule has 0 saturated carbocycles. The van der Waals surface area contributed by atoms with Crippen LogP contribution in [-0.2, 0) is 6.42 Å². The molecule has 0 N–H and O–H groups in total. The van der Waals surface area contributed by atoms with Crippen molar-refractivity contribution in [1.29, 1.82) is 0 Å². The molecule has 0 fully saturated rings. The van der Waals surface area contributed by atoms with Crippen molar-refractivity contribution in [3.63, 3.8) is 0 Å². The molecular weight excluding hydrogens is 312 g/mol. The first-order valence-corrected chi connectivity index (χ1v) is 7.89. The molecule has 0 bridgehead atoms. The summed E-state index contributed by atoms with van der Waals surface area (Å²) < 4.78 is 3.70. The number of fused-ring (bicyclic) bond motifs is 3. The zero-order chi connectivity index (χ0) is 16.0. The number of aryl methyl sites for hydroxylation is 2. The molecular formula is C16H15ClN6. The van der Waals surface area contributed by atoms with E-state index in [4.69, 9.17) is 11.6 Å². The molecule has 0 saturated heterocycles. The molecule has 1 aromatic carbocycles. The van der Waals surface area contributed by atoms with E-state index in [2.05, 4.69) is 27.2 Å². The molecule has 0 aliphatic rings. The SMILES string of the molecule is CCCc1nnc2c3cnn(-c4ccc(C)c(Cl)c4)c3ncn12. The van der Waals surface area contributed by atoms with Gasteiger partial charge in [0.05, 0.1) is 17.3 Å². The summed E-state index contributed by atoms with van der Waals surface area (Å²) in [6.07, 6.45) is 5.42. The van der Waals surface area contributed by atoms with Gasteiger partial charge < -0.3 is 0 Å². The molecule has 0 amide bonds. The Morgan fingerprint density at radius 1 is 1.17 bits per heavy atom. The molecule has 116 valence electrons. The van der Waals surface area contributed by atoms with Crippen LogP contribution in [-0.4, -0.2) is 29.4 Å². The van der Waals surface area contributed by atoms with E-state index in [0.717, 1.165) is 46.6 Å². The predicted molar refractivity (Wildman–Crippen MR) is 89.2 cm³/mol. The summed E-state index contributed by atoms with van der Waals surface area (Å²) in [4.78, 5) is 4.55. The number of hydrogen-bond acceptors (Lipinski definition) is 4. The summed E-state index contributed by atoms with van der Waals surface area (Å²) in [5.74, 6) is 0.919. The van der Waals surface area contributed by atoms with Crippen molar-refractivity contribution in [2.75, 3.05) is 0 Å². The molecule has 3 aromatic heterocycles. The Morgan fingerprint density at radius 3 is 2.83 bits per heavy atom. The van der Waals surface area contributed by atoms with Gasteiger partial charge in [-0.15, -0.1) is 10.2 Å². The van der Waals surface area contributed by atoms with Crippen LogP contribution in [0.15, 0.2) is 30.7 Å². The van der Waals surface area contributed by atoms with Gasteiger partial charge >= 0.3 is 0 Å². The van der Waals surface area contributed by atoms with Gasteiger partial charge in [-0.3, -0.25) is 4.40 Å². The van der Waals surface area contributed by atoms with Crippen molar-refractivity contribution in [2.24, 2.45) is 0 Å². The maximum atomic E-state index is 6.23. The standard InChI is InChI=1S/C16H15ClN6/c1-3-4-14-20-21-16-12-8-19-23(15(12)18-9-22(14)16)11-6-5-10(2)13(17)7-11/h5-9H,3-4H2,1-2H3. The average Bonchev–Trinajstić information content (AvgIpc) is 3.14. The summed E-state index contributed by atoms with van der Waals surface area (Å²) in [5, 5.41) is 14.6. The van der Waals surface area contributed by atoms with Gasteiger partial charge in [-0.05, 0) is 31.0 Å². The highest BCUT2D eigenvalue weighted by Crippen LogP contribution is 2.23. The second-order valence-electron chi connectivity index (χ2n) is 5.53. The number of nitrogens with zero attached hydrogens (tertiary/aromatic N) is 6. The maximum absolute atomic E-state index is 6.23. The minimum atomic E-state index is 0.708. The Bertz CT molecular complexity index is 1020. The fourth-order valence-corrected chi connectivity index (χ4v) is 2.84. The lowest BCUT2D eigenvalue weighted by Gasteiger charge is -2.05. The molecule has 7 heteroatoms. The number of benzene rings is 1. The average molecular weight is 327 g/mol. The minimum Gasteiger partial charge on any atom is -0.269 e. The summed E-state index contributed by atoms with van der Waals surface area (Å²) >= 11 is 6.23. The van der Waals surface area contributed by atoms with Gasteiger partial charge in [0.1, 0.15) is 12.2 Å². The van der Waals surface area contributed by atoms with Gasteiger partial charge in [-0.2, -0.15) is 5.10 Å². The van der Waals surface area contributed by atoms with E-state index in [9.17, 15) is 0 Å². The molecule has 23 heavy (non-hydrogen) atoms. The van der Waals surface area contributed by atoms with Crippen molar-refractivity contribution in [3.05, 3.63) is 47.1 Å². The van der Waals surface area contributed by atoms with Gasteiger partial charge in [0.25, 0.3) is 0 Å². The van der Waals surface area contributed by atoms with E-state index in [1.54, 1.807) is 17.2 Å². The normalized spacial score (nSPS) is 11.6. The van der Waals surface area contributed by atoms with Crippen molar-refractivity contribution >= 4 is 28.3 Å². The highest BCUT2D eigenvalue weighted by atomic mass is 35.5. The summed E-state index contributed by atoms with van der Waals surface area (Å²) in [6, 6.07) is 5.84. The van der Waals surface area contributed by atoms with Crippen molar-refractivity contribution in [3.8, 4) is 5.69 Å². The number of rotatable bonds is 3. The van der Waals surface area contributed by atoms with Crippen molar-refractivity contribution in [1.82, 2.24) is 29.4 Å². The van der Waals surface area contributed by atoms with Gasteiger partial charge in [-0.25, -0.2) is 9.67 Å². The van der Waals surface area contributed by atoms with Crippen molar-refractivity contribution < 1.29 is 0 Å². The number of aromatic nitrogens is 6. The van der Waals surface area contributed by atoms with Crippen LogP contribution in [0.5, 0.6) is 0 Å². The largest absolute Gasteiger partial charge is 0.269 e. The van der Waals surface area contributed by atoms with Gasteiger partial charge in [0.15, 0.2) is 11.3 Å². The molecule has 0 aliphatic carbocycles. The third kappa shape index (κ3) is 2.17. The Hall–Kier alpha value is -2.47. The van der Waals surface area contributed by atoms with Crippen LogP contribution < -0.4 is 0 Å². The van der Waals surface area contributed by atoms with Crippen LogP contribution >= 0.6 is 11.6 Å². The molecule has 0 radical (unpaired) electrons. The van der Waals surface area contributed by atoms with Gasteiger partial charge in [0.2, 0.25) is 0 Å².